The Morgan fingerprint density at radius 1 is 0.333 bits per heavy atom. The predicted octanol–water partition coefficient (Wildman–Crippen LogP) is 23.3. The molecule has 4 aromatic rings. The highest BCUT2D eigenvalue weighted by Gasteiger charge is 2.39. The molecule has 0 atom stereocenters. The van der Waals surface area contributed by atoms with Gasteiger partial charge in [0.15, 0.2) is 26.9 Å². The summed E-state index contributed by atoms with van der Waals surface area (Å²) in [6, 6.07) is 38.8. The van der Waals surface area contributed by atoms with Crippen molar-refractivity contribution in [2.75, 3.05) is 0 Å². The van der Waals surface area contributed by atoms with Gasteiger partial charge in [-0.15, -0.1) is 11.7 Å². The van der Waals surface area contributed by atoms with Crippen molar-refractivity contribution in [2.24, 2.45) is 0 Å². The fraction of sp³-hybridized carbons (Fsp3) is 0.684. The lowest BCUT2D eigenvalue weighted by atomic mass is 9.27. The highest BCUT2D eigenvalue weighted by Crippen LogP contribution is 2.46. The van der Waals surface area contributed by atoms with Crippen molar-refractivity contribution in [2.45, 2.75) is 329 Å². The summed E-state index contributed by atoms with van der Waals surface area (Å²) < 4.78 is 0. The SMILES string of the molecule is C[Si](C)(C)/C=C/B(C1CCCCC1)C1CCCCC1.c1ccc(B(C2CCCCC2)C2CCCCC2)cc1.c1ccc(CB(C2CCCCC2)C2CCCCC2)cc1.c1ccc2c(B(C3CCCCC3)C3CCCCC3)cccc2c1. The van der Waals surface area contributed by atoms with E-state index in [-0.39, 0.29) is 0 Å². The zero-order valence-electron chi connectivity index (χ0n) is 52.9. The van der Waals surface area contributed by atoms with Crippen LogP contribution in [-0.4, -0.2) is 34.9 Å². The smallest absolute Gasteiger partial charge is 0.122 e. The third-order valence-electron chi connectivity index (χ3n) is 23.0. The van der Waals surface area contributed by atoms with Gasteiger partial charge in [0.25, 0.3) is 0 Å². The molecule has 0 bridgehead atoms. The summed E-state index contributed by atoms with van der Waals surface area (Å²) in [5, 5.41) is 2.96. The minimum atomic E-state index is -1.03. The summed E-state index contributed by atoms with van der Waals surface area (Å²) >= 11 is 0. The molecule has 12 rings (SSSR count). The minimum Gasteiger partial charge on any atom is -0.122 e. The zero-order chi connectivity index (χ0) is 55.7. The Labute approximate surface area is 503 Å². The molecule has 8 aliphatic rings. The maximum Gasteiger partial charge on any atom is 0.183 e. The highest BCUT2D eigenvalue weighted by atomic mass is 28.3. The molecule has 0 nitrogen and oxygen atoms in total. The van der Waals surface area contributed by atoms with E-state index in [0.717, 1.165) is 73.4 Å². The van der Waals surface area contributed by atoms with Crippen molar-refractivity contribution in [3.8, 4) is 0 Å². The molecule has 0 aromatic heterocycles. The van der Waals surface area contributed by atoms with Gasteiger partial charge >= 0.3 is 0 Å². The maximum atomic E-state index is 2.69. The summed E-state index contributed by atoms with van der Waals surface area (Å²) in [6.07, 6.45) is 60.7. The molecule has 0 amide bonds. The lowest BCUT2D eigenvalue weighted by molar-refractivity contribution is 0.460. The van der Waals surface area contributed by atoms with Crippen LogP contribution in [0.5, 0.6) is 0 Å². The summed E-state index contributed by atoms with van der Waals surface area (Å²) in [4.78, 5) is 0. The van der Waals surface area contributed by atoms with Crippen molar-refractivity contribution in [3.63, 3.8) is 0 Å². The Bertz CT molecular complexity index is 2220. The average Bonchev–Trinajstić information content (AvgIpc) is 3.54. The lowest BCUT2D eigenvalue weighted by Crippen LogP contribution is -2.41. The monoisotopic (exact) mass is 1100 g/mol. The Morgan fingerprint density at radius 3 is 1.07 bits per heavy atom. The van der Waals surface area contributed by atoms with Crippen LogP contribution < -0.4 is 10.9 Å². The van der Waals surface area contributed by atoms with E-state index in [4.69, 9.17) is 0 Å². The molecular formula is C76H118B4Si. The molecule has 0 saturated heterocycles. The Morgan fingerprint density at radius 2 is 0.667 bits per heavy atom. The van der Waals surface area contributed by atoms with Crippen molar-refractivity contribution >= 4 is 56.6 Å². The standard InChI is InChI=1S/C22H29B.C19H29B.C18H27B.C17H33BSi/c1-3-12-19(13-4-1)23(20-14-5-2-6-15-20)22-17-9-11-18-10-7-8-16-21(18)22;1-4-10-17(11-5-1)16-20(18-12-6-2-7-13-18)19-14-8-3-9-15-19;1-4-10-16(11-5-1)19(17-12-6-2-7-13-17)18-14-8-3-9-15-18;1-19(2,3)15-14-18(16-10-6-4-7-11-16)17-12-8-5-9-13-17/h7-11,16-17,19-20H,1-6,12-15H2;1,4-5,10-11,18-19H,2-3,6-9,12-16H2;1,4-5,10-11,17-18H,2-3,6-9,12-15H2;14-17H,4-13H2,1-3H3/b;;;15-14+. The van der Waals surface area contributed by atoms with Gasteiger partial charge in [0.05, 0.1) is 8.07 Å². The van der Waals surface area contributed by atoms with E-state index in [9.17, 15) is 0 Å². The molecule has 438 valence electrons. The van der Waals surface area contributed by atoms with Gasteiger partial charge in [0, 0.05) is 0 Å². The molecule has 4 aromatic carbocycles. The van der Waals surface area contributed by atoms with Crippen LogP contribution in [0.15, 0.2) is 115 Å². The first kappa shape index (κ1) is 62.9. The first-order valence-corrected chi connectivity index (χ1v) is 39.7. The van der Waals surface area contributed by atoms with Crippen LogP contribution in [0.25, 0.3) is 10.8 Å². The zero-order valence-corrected chi connectivity index (χ0v) is 53.9. The number of rotatable bonds is 14. The summed E-state index contributed by atoms with van der Waals surface area (Å²) in [5.41, 5.74) is 7.53. The summed E-state index contributed by atoms with van der Waals surface area (Å²) in [5.74, 6) is 10.6. The van der Waals surface area contributed by atoms with Crippen LogP contribution in [0, 0.1) is 0 Å². The second kappa shape index (κ2) is 34.5. The second-order valence-corrected chi connectivity index (χ2v) is 34.9. The third kappa shape index (κ3) is 20.0. The molecule has 0 aliphatic heterocycles. The van der Waals surface area contributed by atoms with E-state index >= 15 is 0 Å². The van der Waals surface area contributed by atoms with Gasteiger partial charge in [-0.2, -0.15) is 0 Å². The van der Waals surface area contributed by atoms with E-state index in [1.807, 2.05) is 0 Å². The molecule has 0 N–H and O–H groups in total. The quantitative estimate of drug-likeness (QED) is 0.110. The number of benzene rings is 4. The fourth-order valence-corrected chi connectivity index (χ4v) is 19.7. The van der Waals surface area contributed by atoms with E-state index in [1.165, 1.54) is 274 Å². The number of fused-ring (bicyclic) bond motifs is 1. The van der Waals surface area contributed by atoms with Gasteiger partial charge in [0.2, 0.25) is 0 Å². The first-order chi connectivity index (χ1) is 39.9. The van der Waals surface area contributed by atoms with Crippen molar-refractivity contribution in [1.29, 1.82) is 0 Å². The van der Waals surface area contributed by atoms with Crippen molar-refractivity contribution in [1.82, 2.24) is 0 Å². The van der Waals surface area contributed by atoms with Crippen LogP contribution in [0.3, 0.4) is 0 Å². The number of hydrogen-bond donors (Lipinski definition) is 0. The van der Waals surface area contributed by atoms with Gasteiger partial charge in [-0.05, 0) is 17.1 Å². The number of hydrogen-bond acceptors (Lipinski definition) is 0. The molecule has 5 heteroatoms. The van der Waals surface area contributed by atoms with E-state index in [1.54, 1.807) is 16.5 Å². The van der Waals surface area contributed by atoms with E-state index in [0.29, 0.717) is 0 Å². The Balaban J connectivity index is 0.000000131. The van der Waals surface area contributed by atoms with Gasteiger partial charge in [-0.25, -0.2) is 0 Å². The lowest BCUT2D eigenvalue weighted by Gasteiger charge is -2.36. The van der Waals surface area contributed by atoms with Crippen molar-refractivity contribution < 1.29 is 0 Å². The molecule has 0 unspecified atom stereocenters. The molecule has 8 aliphatic carbocycles. The molecule has 0 radical (unpaired) electrons. The van der Waals surface area contributed by atoms with Crippen LogP contribution in [0.4, 0.5) is 0 Å². The molecule has 81 heavy (non-hydrogen) atoms. The fourth-order valence-electron chi connectivity index (χ4n) is 18.9. The molecule has 8 fully saturated rings. The Hall–Kier alpha value is -2.64. The van der Waals surface area contributed by atoms with Crippen LogP contribution in [0.2, 0.25) is 66.2 Å². The van der Waals surface area contributed by atoms with Crippen LogP contribution in [0.1, 0.15) is 262 Å². The average molecular weight is 1100 g/mol. The summed E-state index contributed by atoms with van der Waals surface area (Å²) in [6.45, 7) is 11.0. The van der Waals surface area contributed by atoms with E-state index in [2.05, 4.69) is 134 Å². The van der Waals surface area contributed by atoms with Crippen LogP contribution in [-0.2, 0) is 6.32 Å². The van der Waals surface area contributed by atoms with Crippen molar-refractivity contribution in [3.05, 3.63) is 120 Å². The van der Waals surface area contributed by atoms with E-state index < -0.39 is 8.07 Å². The molecular weight excluding hydrogens is 984 g/mol. The van der Waals surface area contributed by atoms with Gasteiger partial charge in [-0.1, -0.05) is 443 Å². The minimum absolute atomic E-state index is 0.807. The third-order valence-corrected chi connectivity index (χ3v) is 24.2. The molecule has 0 heterocycles. The topological polar surface area (TPSA) is 0 Å². The molecule has 0 spiro atoms. The Kier molecular flexibility index (Phi) is 26.8. The highest BCUT2D eigenvalue weighted by molar-refractivity contribution is 6.83. The largest absolute Gasteiger partial charge is 0.183 e. The molecule has 8 saturated carbocycles. The van der Waals surface area contributed by atoms with Gasteiger partial charge < -0.3 is 0 Å². The normalized spacial score (nSPS) is 22.1. The first-order valence-electron chi connectivity index (χ1n) is 36.1. The summed E-state index contributed by atoms with van der Waals surface area (Å²) in [7, 11) is -1.03. The van der Waals surface area contributed by atoms with Crippen LogP contribution >= 0.6 is 0 Å². The maximum absolute atomic E-state index is 2.69. The van der Waals surface area contributed by atoms with Gasteiger partial charge in [-0.3, -0.25) is 0 Å². The van der Waals surface area contributed by atoms with Gasteiger partial charge in [0.1, 0.15) is 0 Å². The predicted molar refractivity (Wildman–Crippen MR) is 370 cm³/mol. The second-order valence-electron chi connectivity index (χ2n) is 29.9.